The molecule has 2 aliphatic rings. The number of ether oxygens (including phenoxy) is 2. The second-order valence-corrected chi connectivity index (χ2v) is 8.70. The molecule has 1 saturated heterocycles. The number of nitrogens with zero attached hydrogens (tertiary/aromatic N) is 1. The minimum absolute atomic E-state index is 0.0674. The van der Waals surface area contributed by atoms with Crippen LogP contribution in [0.25, 0.3) is 5.76 Å². The smallest absolute Gasteiger partial charge is 0.300 e. The first-order valence-electron chi connectivity index (χ1n) is 11.9. The van der Waals surface area contributed by atoms with Gasteiger partial charge in [0.05, 0.1) is 24.8 Å². The van der Waals surface area contributed by atoms with E-state index < -0.39 is 17.7 Å². The molecule has 35 heavy (non-hydrogen) atoms. The molecule has 6 heteroatoms. The van der Waals surface area contributed by atoms with Gasteiger partial charge in [-0.2, -0.15) is 0 Å². The summed E-state index contributed by atoms with van der Waals surface area (Å²) in [5, 5.41) is 11.4. The van der Waals surface area contributed by atoms with Crippen molar-refractivity contribution in [3.05, 3.63) is 95.1 Å². The number of carbonyl (C=O) groups is 2. The lowest BCUT2D eigenvalue weighted by Gasteiger charge is -2.25. The van der Waals surface area contributed by atoms with Gasteiger partial charge in [0.2, 0.25) is 0 Å². The molecular formula is C29H27NO5. The van der Waals surface area contributed by atoms with Crippen LogP contribution in [0.4, 0.5) is 5.69 Å². The fourth-order valence-electron chi connectivity index (χ4n) is 4.63. The number of rotatable bonds is 6. The van der Waals surface area contributed by atoms with E-state index in [1.54, 1.807) is 18.2 Å². The summed E-state index contributed by atoms with van der Waals surface area (Å²) in [4.78, 5) is 28.0. The predicted molar refractivity (Wildman–Crippen MR) is 134 cm³/mol. The number of hydrogen-bond donors (Lipinski definition) is 1. The van der Waals surface area contributed by atoms with Crippen LogP contribution in [-0.2, 0) is 16.0 Å². The lowest BCUT2D eigenvalue weighted by atomic mass is 9.94. The maximum absolute atomic E-state index is 13.3. The van der Waals surface area contributed by atoms with E-state index in [-0.39, 0.29) is 11.3 Å². The Balaban J connectivity index is 1.63. The minimum atomic E-state index is -0.773. The summed E-state index contributed by atoms with van der Waals surface area (Å²) in [5.41, 5.74) is 2.83. The van der Waals surface area contributed by atoms with E-state index in [9.17, 15) is 14.7 Å². The Morgan fingerprint density at radius 2 is 1.83 bits per heavy atom. The van der Waals surface area contributed by atoms with Gasteiger partial charge in [0.25, 0.3) is 11.7 Å². The van der Waals surface area contributed by atoms with Gasteiger partial charge >= 0.3 is 0 Å². The molecule has 0 aromatic heterocycles. The number of anilines is 1. The summed E-state index contributed by atoms with van der Waals surface area (Å²) in [6.45, 7) is 3.30. The van der Waals surface area contributed by atoms with Crippen molar-refractivity contribution in [2.45, 2.75) is 32.2 Å². The number of Topliss-reactive ketones (excluding diaryl/α,β-unsaturated/α-hetero) is 1. The van der Waals surface area contributed by atoms with Crippen molar-refractivity contribution in [3.8, 4) is 11.5 Å². The lowest BCUT2D eigenvalue weighted by Crippen LogP contribution is -2.29. The summed E-state index contributed by atoms with van der Waals surface area (Å²) >= 11 is 0. The Labute approximate surface area is 204 Å². The van der Waals surface area contributed by atoms with Crippen LogP contribution < -0.4 is 14.4 Å². The number of aliphatic hydroxyl groups is 1. The highest BCUT2D eigenvalue weighted by molar-refractivity contribution is 6.51. The highest BCUT2D eigenvalue weighted by Crippen LogP contribution is 2.43. The number of para-hydroxylation sites is 1. The van der Waals surface area contributed by atoms with Crippen LogP contribution >= 0.6 is 0 Å². The summed E-state index contributed by atoms with van der Waals surface area (Å²) in [5.74, 6) is -0.0721. The van der Waals surface area contributed by atoms with Gasteiger partial charge in [0.1, 0.15) is 17.3 Å². The van der Waals surface area contributed by atoms with E-state index in [0.29, 0.717) is 35.8 Å². The molecular weight excluding hydrogens is 442 g/mol. The van der Waals surface area contributed by atoms with Crippen LogP contribution in [0.15, 0.2) is 78.4 Å². The maximum atomic E-state index is 13.3. The Hall–Kier alpha value is -4.06. The van der Waals surface area contributed by atoms with E-state index >= 15 is 0 Å². The molecule has 2 heterocycles. The van der Waals surface area contributed by atoms with Gasteiger partial charge in [0.15, 0.2) is 0 Å². The normalized spacial score (nSPS) is 18.8. The maximum Gasteiger partial charge on any atom is 0.300 e. The number of aryl methyl sites for hydroxylation is 1. The summed E-state index contributed by atoms with van der Waals surface area (Å²) in [7, 11) is 0. The Morgan fingerprint density at radius 3 is 2.57 bits per heavy atom. The monoisotopic (exact) mass is 469 g/mol. The fourth-order valence-corrected chi connectivity index (χ4v) is 4.63. The number of benzene rings is 3. The van der Waals surface area contributed by atoms with Crippen molar-refractivity contribution >= 4 is 23.1 Å². The molecule has 1 amide bonds. The molecule has 0 bridgehead atoms. The molecule has 5 rings (SSSR count). The Kier molecular flexibility index (Phi) is 6.27. The van der Waals surface area contributed by atoms with Crippen LogP contribution in [0, 0.1) is 0 Å². The molecule has 6 nitrogen and oxygen atoms in total. The topological polar surface area (TPSA) is 76.1 Å². The first kappa shape index (κ1) is 22.7. The fraction of sp³-hybridized carbons (Fsp3) is 0.241. The number of aliphatic hydroxyl groups excluding tert-OH is 1. The molecule has 1 atom stereocenters. The van der Waals surface area contributed by atoms with E-state index in [1.807, 2.05) is 61.5 Å². The van der Waals surface area contributed by atoms with E-state index in [1.165, 1.54) is 4.90 Å². The highest BCUT2D eigenvalue weighted by atomic mass is 16.5. The molecule has 3 aromatic rings. The minimum Gasteiger partial charge on any atom is -0.507 e. The van der Waals surface area contributed by atoms with Crippen molar-refractivity contribution < 1.29 is 24.2 Å². The van der Waals surface area contributed by atoms with Crippen LogP contribution in [0.1, 0.15) is 42.5 Å². The number of amides is 1. The van der Waals surface area contributed by atoms with Gasteiger partial charge in [0, 0.05) is 11.3 Å². The first-order valence-corrected chi connectivity index (χ1v) is 11.9. The molecule has 3 aromatic carbocycles. The molecule has 0 radical (unpaired) electrons. The van der Waals surface area contributed by atoms with Crippen LogP contribution in [-0.4, -0.2) is 30.0 Å². The zero-order chi connectivity index (χ0) is 24.4. The van der Waals surface area contributed by atoms with Crippen LogP contribution in [0.2, 0.25) is 0 Å². The first-order chi connectivity index (χ1) is 17.1. The molecule has 1 N–H and O–H groups in total. The van der Waals surface area contributed by atoms with Crippen molar-refractivity contribution in [3.63, 3.8) is 0 Å². The Bertz CT molecular complexity index is 1280. The van der Waals surface area contributed by atoms with Gasteiger partial charge in [-0.05, 0) is 72.9 Å². The highest BCUT2D eigenvalue weighted by Gasteiger charge is 2.47. The van der Waals surface area contributed by atoms with Crippen LogP contribution in [0.3, 0.4) is 0 Å². The van der Waals surface area contributed by atoms with Crippen molar-refractivity contribution in [1.29, 1.82) is 0 Å². The Morgan fingerprint density at radius 1 is 1.06 bits per heavy atom. The molecule has 1 unspecified atom stereocenters. The summed E-state index contributed by atoms with van der Waals surface area (Å²) in [6.07, 6.45) is 2.61. The van der Waals surface area contributed by atoms with Crippen molar-refractivity contribution in [2.24, 2.45) is 0 Å². The standard InChI is InChI=1S/C29H27NO5/c1-2-16-34-23-13-10-19(11-14-23)26-25(28(32)29(33)30(26)22-8-4-3-5-9-22)27(31)21-12-15-24-20(18-21)7-6-17-35-24/h3-5,8-15,18,26,31H,2,6-7,16-17H2,1H3/b27-25-. The zero-order valence-corrected chi connectivity index (χ0v) is 19.6. The second kappa shape index (κ2) is 9.66. The third-order valence-corrected chi connectivity index (χ3v) is 6.33. The number of hydrogen-bond acceptors (Lipinski definition) is 5. The van der Waals surface area contributed by atoms with Gasteiger partial charge in [-0.3, -0.25) is 14.5 Å². The molecule has 178 valence electrons. The summed E-state index contributed by atoms with van der Waals surface area (Å²) in [6, 6.07) is 21.0. The predicted octanol–water partition coefficient (Wildman–Crippen LogP) is 5.43. The quantitative estimate of drug-likeness (QED) is 0.296. The van der Waals surface area contributed by atoms with Gasteiger partial charge < -0.3 is 14.6 Å². The molecule has 0 saturated carbocycles. The lowest BCUT2D eigenvalue weighted by molar-refractivity contribution is -0.132. The SMILES string of the molecule is CCCOc1ccc(C2/C(=C(/O)c3ccc4c(c3)CCCO4)C(=O)C(=O)N2c2ccccc2)cc1. The molecule has 2 aliphatic heterocycles. The van der Waals surface area contributed by atoms with E-state index in [0.717, 1.165) is 30.6 Å². The third-order valence-electron chi connectivity index (χ3n) is 6.33. The zero-order valence-electron chi connectivity index (χ0n) is 19.6. The van der Waals surface area contributed by atoms with Crippen molar-refractivity contribution in [2.75, 3.05) is 18.1 Å². The van der Waals surface area contributed by atoms with Crippen LogP contribution in [0.5, 0.6) is 11.5 Å². The van der Waals surface area contributed by atoms with E-state index in [4.69, 9.17) is 9.47 Å². The third kappa shape index (κ3) is 4.28. The summed E-state index contributed by atoms with van der Waals surface area (Å²) < 4.78 is 11.4. The largest absolute Gasteiger partial charge is 0.507 e. The molecule has 1 fully saturated rings. The number of carbonyl (C=O) groups excluding carboxylic acids is 2. The molecule has 0 spiro atoms. The van der Waals surface area contributed by atoms with Gasteiger partial charge in [-0.1, -0.05) is 37.3 Å². The van der Waals surface area contributed by atoms with Gasteiger partial charge in [-0.15, -0.1) is 0 Å². The average Bonchev–Trinajstić information content (AvgIpc) is 3.17. The van der Waals surface area contributed by atoms with Gasteiger partial charge in [-0.25, -0.2) is 0 Å². The van der Waals surface area contributed by atoms with Crippen molar-refractivity contribution in [1.82, 2.24) is 0 Å². The van der Waals surface area contributed by atoms with E-state index in [2.05, 4.69) is 0 Å². The molecule has 0 aliphatic carbocycles. The number of fused-ring (bicyclic) bond motifs is 1. The average molecular weight is 470 g/mol. The number of ketones is 1. The second-order valence-electron chi connectivity index (χ2n) is 8.70.